The van der Waals surface area contributed by atoms with Gasteiger partial charge in [0.2, 0.25) is 0 Å². The van der Waals surface area contributed by atoms with Crippen LogP contribution < -0.4 is 4.90 Å². The minimum absolute atomic E-state index is 0.103. The summed E-state index contributed by atoms with van der Waals surface area (Å²) in [5.41, 5.74) is 15.1. The summed E-state index contributed by atoms with van der Waals surface area (Å²) >= 11 is 0. The molecular weight excluding hydrogens is 667 g/mol. The predicted molar refractivity (Wildman–Crippen MR) is 232 cm³/mol. The zero-order valence-electron chi connectivity index (χ0n) is 30.8. The summed E-state index contributed by atoms with van der Waals surface area (Å²) < 4.78 is 6.73. The lowest BCUT2D eigenvalue weighted by Crippen LogP contribution is -2.16. The lowest BCUT2D eigenvalue weighted by Gasteiger charge is -2.29. The van der Waals surface area contributed by atoms with Crippen molar-refractivity contribution in [3.05, 3.63) is 199 Å². The van der Waals surface area contributed by atoms with E-state index in [0.29, 0.717) is 0 Å². The number of hydrogen-bond acceptors (Lipinski definition) is 2. The van der Waals surface area contributed by atoms with Crippen molar-refractivity contribution in [1.82, 2.24) is 0 Å². The number of benzene rings is 9. The molecule has 11 rings (SSSR count). The van der Waals surface area contributed by atoms with Crippen LogP contribution in [0.5, 0.6) is 0 Å². The van der Waals surface area contributed by atoms with Crippen LogP contribution in [-0.2, 0) is 5.41 Å². The van der Waals surface area contributed by atoms with Crippen LogP contribution in [0.2, 0.25) is 0 Å². The quantitative estimate of drug-likeness (QED) is 0.177. The van der Waals surface area contributed by atoms with Crippen molar-refractivity contribution in [1.29, 1.82) is 0 Å². The molecule has 0 fully saturated rings. The third-order valence-corrected chi connectivity index (χ3v) is 11.9. The Kier molecular flexibility index (Phi) is 6.93. The molecule has 0 spiro atoms. The molecule has 0 saturated heterocycles. The first-order valence-corrected chi connectivity index (χ1v) is 19.1. The summed E-state index contributed by atoms with van der Waals surface area (Å²) in [6.07, 6.45) is 0. The molecule has 1 heterocycles. The molecule has 0 amide bonds. The lowest BCUT2D eigenvalue weighted by molar-refractivity contribution is 0.660. The summed E-state index contributed by atoms with van der Waals surface area (Å²) in [5.74, 6) is 0. The van der Waals surface area contributed by atoms with Crippen LogP contribution in [0.25, 0.3) is 76.9 Å². The maximum atomic E-state index is 6.73. The second-order valence-electron chi connectivity index (χ2n) is 15.3. The number of furan rings is 1. The summed E-state index contributed by atoms with van der Waals surface area (Å²) in [4.78, 5) is 2.43. The Hall–Kier alpha value is -6.90. The molecule has 9 aromatic carbocycles. The van der Waals surface area contributed by atoms with Gasteiger partial charge >= 0.3 is 0 Å². The molecular formula is C53H37NO. The zero-order valence-corrected chi connectivity index (χ0v) is 30.8. The van der Waals surface area contributed by atoms with Crippen LogP contribution in [-0.4, -0.2) is 0 Å². The molecule has 1 aromatic heterocycles. The predicted octanol–water partition coefficient (Wildman–Crippen LogP) is 15.0. The Bertz CT molecular complexity index is 3110. The standard InChI is InChI=1S/C53H37NO/c1-53(2)47-18-8-7-15-46(47)50-48(53)19-10-20-49(50)54(40-28-23-35(24-29-40)39-22-21-34-11-3-4-13-38(34)33-39)41-30-25-37(26-31-41)43-16-9-17-44-45-32-27-36-12-5-6-14-42(36)52(45)55-51(43)44/h3-33H,1-2H3. The number of fused-ring (bicyclic) bond motifs is 9. The number of anilines is 3. The van der Waals surface area contributed by atoms with Crippen molar-refractivity contribution >= 4 is 60.5 Å². The lowest BCUT2D eigenvalue weighted by atomic mass is 9.82. The Morgan fingerprint density at radius 2 is 0.982 bits per heavy atom. The number of nitrogens with zero attached hydrogens (tertiary/aromatic N) is 1. The topological polar surface area (TPSA) is 16.4 Å². The summed E-state index contributed by atoms with van der Waals surface area (Å²) in [6.45, 7) is 4.70. The molecule has 10 aromatic rings. The monoisotopic (exact) mass is 703 g/mol. The van der Waals surface area contributed by atoms with Gasteiger partial charge in [0.05, 0.1) is 5.69 Å². The van der Waals surface area contributed by atoms with Gasteiger partial charge in [0.1, 0.15) is 11.2 Å². The van der Waals surface area contributed by atoms with Gasteiger partial charge in [-0.25, -0.2) is 0 Å². The number of rotatable bonds is 5. The fourth-order valence-electron chi connectivity index (χ4n) is 9.06. The molecule has 0 unspecified atom stereocenters. The molecule has 2 heteroatoms. The van der Waals surface area contributed by atoms with Gasteiger partial charge in [-0.15, -0.1) is 0 Å². The van der Waals surface area contributed by atoms with E-state index >= 15 is 0 Å². The second-order valence-corrected chi connectivity index (χ2v) is 15.3. The van der Waals surface area contributed by atoms with Crippen LogP contribution in [0, 0.1) is 0 Å². The maximum Gasteiger partial charge on any atom is 0.143 e. The van der Waals surface area contributed by atoms with Crippen molar-refractivity contribution in [3.63, 3.8) is 0 Å². The van der Waals surface area contributed by atoms with Gasteiger partial charge in [-0.1, -0.05) is 159 Å². The highest BCUT2D eigenvalue weighted by molar-refractivity contribution is 6.17. The van der Waals surface area contributed by atoms with Gasteiger partial charge in [-0.3, -0.25) is 0 Å². The van der Waals surface area contributed by atoms with E-state index in [-0.39, 0.29) is 5.41 Å². The highest BCUT2D eigenvalue weighted by atomic mass is 16.3. The Balaban J connectivity index is 1.06. The van der Waals surface area contributed by atoms with Crippen LogP contribution in [0.4, 0.5) is 17.1 Å². The molecule has 2 nitrogen and oxygen atoms in total. The molecule has 0 saturated carbocycles. The SMILES string of the molecule is CC1(C)c2ccccc2-c2c(N(c3ccc(-c4ccc5ccccc5c4)cc3)c3ccc(-c4cccc5c4oc4c6ccccc6ccc54)cc3)cccc21. The highest BCUT2D eigenvalue weighted by Gasteiger charge is 2.37. The molecule has 0 atom stereocenters. The van der Waals surface area contributed by atoms with E-state index in [4.69, 9.17) is 4.42 Å². The summed E-state index contributed by atoms with van der Waals surface area (Å²) in [7, 11) is 0. The number of hydrogen-bond donors (Lipinski definition) is 0. The Morgan fingerprint density at radius 1 is 0.400 bits per heavy atom. The van der Waals surface area contributed by atoms with Gasteiger partial charge < -0.3 is 9.32 Å². The molecule has 0 radical (unpaired) electrons. The average Bonchev–Trinajstić information content (AvgIpc) is 3.74. The van der Waals surface area contributed by atoms with Crippen molar-refractivity contribution in [2.24, 2.45) is 0 Å². The largest absolute Gasteiger partial charge is 0.455 e. The van der Waals surface area contributed by atoms with Gasteiger partial charge in [0.15, 0.2) is 0 Å². The smallest absolute Gasteiger partial charge is 0.143 e. The van der Waals surface area contributed by atoms with Gasteiger partial charge in [0, 0.05) is 44.1 Å². The zero-order chi connectivity index (χ0) is 36.7. The Labute approximate surface area is 320 Å². The van der Waals surface area contributed by atoms with Crippen LogP contribution in [0.15, 0.2) is 192 Å². The van der Waals surface area contributed by atoms with Gasteiger partial charge in [-0.2, -0.15) is 0 Å². The molecule has 1 aliphatic carbocycles. The summed E-state index contributed by atoms with van der Waals surface area (Å²) in [5, 5.41) is 7.11. The minimum Gasteiger partial charge on any atom is -0.455 e. The van der Waals surface area contributed by atoms with E-state index in [2.05, 4.69) is 207 Å². The number of para-hydroxylation sites is 1. The highest BCUT2D eigenvalue weighted by Crippen LogP contribution is 2.54. The van der Waals surface area contributed by atoms with Crippen molar-refractivity contribution in [2.45, 2.75) is 19.3 Å². The first-order chi connectivity index (χ1) is 27.0. The van der Waals surface area contributed by atoms with E-state index in [1.54, 1.807) is 0 Å². The molecule has 0 aliphatic heterocycles. The molecule has 0 bridgehead atoms. The second kappa shape index (κ2) is 12.1. The third kappa shape index (κ3) is 4.88. The van der Waals surface area contributed by atoms with Gasteiger partial charge in [0.25, 0.3) is 0 Å². The first-order valence-electron chi connectivity index (χ1n) is 19.1. The first kappa shape index (κ1) is 31.6. The fourth-order valence-corrected chi connectivity index (χ4v) is 9.06. The van der Waals surface area contributed by atoms with Crippen LogP contribution in [0.1, 0.15) is 25.0 Å². The molecule has 0 N–H and O–H groups in total. The van der Waals surface area contributed by atoms with Crippen molar-refractivity contribution in [3.8, 4) is 33.4 Å². The average molecular weight is 704 g/mol. The van der Waals surface area contributed by atoms with E-state index in [9.17, 15) is 0 Å². The molecule has 55 heavy (non-hydrogen) atoms. The molecule has 1 aliphatic rings. The van der Waals surface area contributed by atoms with Crippen molar-refractivity contribution in [2.75, 3.05) is 4.90 Å². The minimum atomic E-state index is -0.103. The Morgan fingerprint density at radius 3 is 1.80 bits per heavy atom. The van der Waals surface area contributed by atoms with Crippen LogP contribution in [0.3, 0.4) is 0 Å². The van der Waals surface area contributed by atoms with Crippen molar-refractivity contribution < 1.29 is 4.42 Å². The van der Waals surface area contributed by atoms with E-state index in [1.165, 1.54) is 55.2 Å². The normalized spacial score (nSPS) is 13.1. The fraction of sp³-hybridized carbons (Fsp3) is 0.0566. The maximum absolute atomic E-state index is 6.73. The van der Waals surface area contributed by atoms with E-state index in [0.717, 1.165) is 49.8 Å². The van der Waals surface area contributed by atoms with E-state index < -0.39 is 0 Å². The third-order valence-electron chi connectivity index (χ3n) is 11.9. The van der Waals surface area contributed by atoms with Gasteiger partial charge in [-0.05, 0) is 92.0 Å². The summed E-state index contributed by atoms with van der Waals surface area (Å²) in [6, 6.07) is 68.4. The van der Waals surface area contributed by atoms with Crippen LogP contribution >= 0.6 is 0 Å². The molecule has 260 valence electrons. The van der Waals surface area contributed by atoms with E-state index in [1.807, 2.05) is 0 Å².